The number of carbonyl (C=O) groups is 1. The first kappa shape index (κ1) is 18.5. The van der Waals surface area contributed by atoms with Gasteiger partial charge in [-0.05, 0) is 42.5 Å². The molecular weight excluding hydrogens is 361 g/mol. The lowest BCUT2D eigenvalue weighted by Gasteiger charge is -2.08. The van der Waals surface area contributed by atoms with Crippen LogP contribution in [0.2, 0.25) is 0 Å². The molecule has 0 aliphatic rings. The summed E-state index contributed by atoms with van der Waals surface area (Å²) in [6.07, 6.45) is -0.995. The van der Waals surface area contributed by atoms with Gasteiger partial charge in [0, 0.05) is 11.8 Å². The van der Waals surface area contributed by atoms with Crippen molar-refractivity contribution in [3.05, 3.63) is 65.6 Å². The molecule has 0 amide bonds. The van der Waals surface area contributed by atoms with Gasteiger partial charge in [0.1, 0.15) is 5.65 Å². The molecule has 2 aromatic heterocycles. The summed E-state index contributed by atoms with van der Waals surface area (Å²) < 4.78 is 51.4. The van der Waals surface area contributed by atoms with Gasteiger partial charge in [-0.3, -0.25) is 9.20 Å². The van der Waals surface area contributed by atoms with Crippen molar-refractivity contribution in [2.45, 2.75) is 6.18 Å². The van der Waals surface area contributed by atoms with Crippen LogP contribution in [0, 0.1) is 0 Å². The summed E-state index contributed by atoms with van der Waals surface area (Å²) in [5, 5.41) is 0. The lowest BCUT2D eigenvalue weighted by molar-refractivity contribution is -0.140. The minimum atomic E-state index is -4.64. The van der Waals surface area contributed by atoms with Gasteiger partial charge in [0.15, 0.2) is 23.0 Å². The number of ether oxygens (including phenoxy) is 2. The first-order valence-corrected chi connectivity index (χ1v) is 7.84. The van der Waals surface area contributed by atoms with Gasteiger partial charge in [0.05, 0.1) is 19.9 Å². The summed E-state index contributed by atoms with van der Waals surface area (Å²) in [5.41, 5.74) is -0.869. The molecule has 3 aromatic rings. The normalized spacial score (nSPS) is 11.9. The van der Waals surface area contributed by atoms with Gasteiger partial charge >= 0.3 is 6.18 Å². The van der Waals surface area contributed by atoms with Crippen LogP contribution in [0.25, 0.3) is 11.7 Å². The van der Waals surface area contributed by atoms with E-state index in [1.165, 1.54) is 43.0 Å². The molecule has 0 spiro atoms. The fraction of sp³-hybridized carbons (Fsp3) is 0.158. The van der Waals surface area contributed by atoms with Crippen molar-refractivity contribution in [2.24, 2.45) is 0 Å². The minimum Gasteiger partial charge on any atom is -0.493 e. The van der Waals surface area contributed by atoms with E-state index in [4.69, 9.17) is 9.47 Å². The highest BCUT2D eigenvalue weighted by atomic mass is 19.4. The fourth-order valence-electron chi connectivity index (χ4n) is 2.62. The molecule has 2 heterocycles. The minimum absolute atomic E-state index is 0.142. The molecule has 140 valence electrons. The average molecular weight is 376 g/mol. The predicted molar refractivity (Wildman–Crippen MR) is 93.1 cm³/mol. The number of pyridine rings is 1. The molecule has 5 nitrogen and oxygen atoms in total. The third kappa shape index (κ3) is 3.64. The van der Waals surface area contributed by atoms with Crippen LogP contribution in [0.4, 0.5) is 13.2 Å². The Hall–Kier alpha value is -3.29. The number of nitrogens with zero attached hydrogens (tertiary/aromatic N) is 2. The molecule has 0 N–H and O–H groups in total. The highest BCUT2D eigenvalue weighted by Crippen LogP contribution is 2.33. The van der Waals surface area contributed by atoms with Gasteiger partial charge in [-0.1, -0.05) is 6.07 Å². The van der Waals surface area contributed by atoms with Crippen LogP contribution >= 0.6 is 0 Å². The Labute approximate surface area is 152 Å². The third-order valence-corrected chi connectivity index (χ3v) is 3.90. The van der Waals surface area contributed by atoms with E-state index in [1.54, 1.807) is 18.2 Å². The van der Waals surface area contributed by atoms with E-state index in [-0.39, 0.29) is 16.9 Å². The van der Waals surface area contributed by atoms with Crippen LogP contribution in [0.3, 0.4) is 0 Å². The molecule has 8 heteroatoms. The van der Waals surface area contributed by atoms with Crippen molar-refractivity contribution in [3.63, 3.8) is 0 Å². The number of allylic oxidation sites excluding steroid dienone is 1. The molecule has 0 bridgehead atoms. The molecule has 0 radical (unpaired) electrons. The maximum absolute atomic E-state index is 13.3. The van der Waals surface area contributed by atoms with Gasteiger partial charge < -0.3 is 9.47 Å². The highest BCUT2D eigenvalue weighted by molar-refractivity contribution is 6.07. The second-order valence-corrected chi connectivity index (χ2v) is 5.54. The maximum Gasteiger partial charge on any atom is 0.435 e. The van der Waals surface area contributed by atoms with E-state index in [2.05, 4.69) is 4.98 Å². The number of imidazole rings is 1. The molecule has 0 aliphatic carbocycles. The van der Waals surface area contributed by atoms with Crippen LogP contribution in [-0.4, -0.2) is 29.4 Å². The number of alkyl halides is 3. The quantitative estimate of drug-likeness (QED) is 0.493. The Morgan fingerprint density at radius 2 is 1.85 bits per heavy atom. The zero-order chi connectivity index (χ0) is 19.6. The van der Waals surface area contributed by atoms with E-state index < -0.39 is 17.7 Å². The van der Waals surface area contributed by atoms with Gasteiger partial charge in [-0.25, -0.2) is 4.98 Å². The topological polar surface area (TPSA) is 52.8 Å². The molecule has 27 heavy (non-hydrogen) atoms. The zero-order valence-electron chi connectivity index (χ0n) is 14.4. The van der Waals surface area contributed by atoms with Crippen LogP contribution in [0.5, 0.6) is 11.5 Å². The summed E-state index contributed by atoms with van der Waals surface area (Å²) in [4.78, 5) is 16.0. The molecule has 0 atom stereocenters. The third-order valence-electron chi connectivity index (χ3n) is 3.90. The van der Waals surface area contributed by atoms with Crippen LogP contribution in [-0.2, 0) is 6.18 Å². The monoisotopic (exact) mass is 376 g/mol. The fourth-order valence-corrected chi connectivity index (χ4v) is 2.62. The number of ketones is 1. The number of fused-ring (bicyclic) bond motifs is 1. The second kappa shape index (κ2) is 7.14. The first-order chi connectivity index (χ1) is 12.8. The number of benzene rings is 1. The van der Waals surface area contributed by atoms with Gasteiger partial charge in [-0.15, -0.1) is 0 Å². The van der Waals surface area contributed by atoms with Crippen LogP contribution in [0.15, 0.2) is 48.7 Å². The Morgan fingerprint density at radius 1 is 1.11 bits per heavy atom. The van der Waals surface area contributed by atoms with Crippen molar-refractivity contribution in [1.82, 2.24) is 9.38 Å². The Bertz CT molecular complexity index is 1020. The van der Waals surface area contributed by atoms with Crippen LogP contribution < -0.4 is 9.47 Å². The molecule has 0 saturated heterocycles. The first-order valence-electron chi connectivity index (χ1n) is 7.84. The van der Waals surface area contributed by atoms with E-state index in [0.717, 1.165) is 12.2 Å². The van der Waals surface area contributed by atoms with Crippen molar-refractivity contribution in [2.75, 3.05) is 14.2 Å². The van der Waals surface area contributed by atoms with E-state index in [0.29, 0.717) is 11.5 Å². The Balaban J connectivity index is 2.00. The smallest absolute Gasteiger partial charge is 0.435 e. The van der Waals surface area contributed by atoms with Gasteiger partial charge in [-0.2, -0.15) is 13.2 Å². The standard InChI is InChI=1S/C19H15F3N2O3/c1-26-15-9-6-12(11-16(15)27-2)14(25)8-7-13-18(19(20,21)22)23-17-5-3-4-10-24(13)17/h3-11H,1-2H3/b8-7+. The molecule has 3 rings (SSSR count). The number of hydrogen-bond acceptors (Lipinski definition) is 4. The molecule has 0 saturated carbocycles. The zero-order valence-corrected chi connectivity index (χ0v) is 14.4. The molecule has 0 fully saturated rings. The number of methoxy groups -OCH3 is 2. The van der Waals surface area contributed by atoms with E-state index >= 15 is 0 Å². The van der Waals surface area contributed by atoms with Crippen molar-refractivity contribution >= 4 is 17.5 Å². The summed E-state index contributed by atoms with van der Waals surface area (Å²) in [6, 6.07) is 9.16. The summed E-state index contributed by atoms with van der Waals surface area (Å²) in [6.45, 7) is 0. The molecule has 1 aromatic carbocycles. The summed E-state index contributed by atoms with van der Waals surface area (Å²) in [7, 11) is 2.89. The van der Waals surface area contributed by atoms with Crippen molar-refractivity contribution in [3.8, 4) is 11.5 Å². The maximum atomic E-state index is 13.3. The SMILES string of the molecule is COc1ccc(C(=O)/C=C/c2c(C(F)(F)F)nc3ccccn23)cc1OC. The number of halogens is 3. The second-order valence-electron chi connectivity index (χ2n) is 5.54. The number of hydrogen-bond donors (Lipinski definition) is 0. The Kier molecular flexibility index (Phi) is 4.89. The average Bonchev–Trinajstić information content (AvgIpc) is 3.04. The lowest BCUT2D eigenvalue weighted by Crippen LogP contribution is -2.08. The van der Waals surface area contributed by atoms with Crippen LogP contribution in [0.1, 0.15) is 21.7 Å². The summed E-state index contributed by atoms with van der Waals surface area (Å²) in [5.74, 6) is 0.316. The molecular formula is C19H15F3N2O3. The van der Waals surface area contributed by atoms with Gasteiger partial charge in [0.2, 0.25) is 0 Å². The van der Waals surface area contributed by atoms with Gasteiger partial charge in [0.25, 0.3) is 0 Å². The number of rotatable bonds is 5. The number of carbonyl (C=O) groups excluding carboxylic acids is 1. The van der Waals surface area contributed by atoms with Crippen molar-refractivity contribution < 1.29 is 27.4 Å². The lowest BCUT2D eigenvalue weighted by atomic mass is 10.1. The van der Waals surface area contributed by atoms with E-state index in [9.17, 15) is 18.0 Å². The van der Waals surface area contributed by atoms with E-state index in [1.807, 2.05) is 0 Å². The Morgan fingerprint density at radius 3 is 2.52 bits per heavy atom. The summed E-state index contributed by atoms with van der Waals surface area (Å²) >= 11 is 0. The largest absolute Gasteiger partial charge is 0.493 e. The number of aromatic nitrogens is 2. The highest BCUT2D eigenvalue weighted by Gasteiger charge is 2.37. The predicted octanol–water partition coefficient (Wildman–Crippen LogP) is 4.27. The molecule has 0 unspecified atom stereocenters. The van der Waals surface area contributed by atoms with Crippen molar-refractivity contribution in [1.29, 1.82) is 0 Å². The molecule has 0 aliphatic heterocycles.